The maximum atomic E-state index is 12.3. The molecule has 1 aromatic carbocycles. The van der Waals surface area contributed by atoms with Crippen LogP contribution in [0.1, 0.15) is 30.6 Å². The second-order valence-corrected chi connectivity index (χ2v) is 5.26. The Morgan fingerprint density at radius 3 is 2.58 bits per heavy atom. The normalized spacial score (nSPS) is 11.6. The zero-order valence-corrected chi connectivity index (χ0v) is 13.5. The summed E-state index contributed by atoms with van der Waals surface area (Å²) in [5.41, 5.74) is 0.929. The van der Waals surface area contributed by atoms with Gasteiger partial charge in [0.2, 0.25) is 5.95 Å². The summed E-state index contributed by atoms with van der Waals surface area (Å²) < 4.78 is 4.86. The highest BCUT2D eigenvalue weighted by atomic mass is 16.5. The molecule has 1 unspecified atom stereocenters. The number of benzene rings is 1. The van der Waals surface area contributed by atoms with Crippen molar-refractivity contribution in [3.8, 4) is 0 Å². The maximum Gasteiger partial charge on any atom is 0.306 e. The number of hydrogen-bond acceptors (Lipinski definition) is 6. The molecule has 126 valence electrons. The summed E-state index contributed by atoms with van der Waals surface area (Å²) in [5.74, 6) is -0.635. The van der Waals surface area contributed by atoms with Crippen LogP contribution in [0, 0.1) is 5.92 Å². The predicted octanol–water partition coefficient (Wildman–Crippen LogP) is 2.29. The summed E-state index contributed by atoms with van der Waals surface area (Å²) in [6, 6.07) is 8.05. The lowest BCUT2D eigenvalue weighted by Crippen LogP contribution is -2.17. The first-order chi connectivity index (χ1) is 11.5. The Morgan fingerprint density at radius 2 is 1.96 bits per heavy atom. The number of aromatic nitrogens is 2. The molecule has 0 aliphatic carbocycles. The van der Waals surface area contributed by atoms with E-state index in [9.17, 15) is 14.4 Å². The quantitative estimate of drug-likeness (QED) is 0.597. The van der Waals surface area contributed by atoms with Gasteiger partial charge < -0.3 is 10.1 Å². The average Bonchev–Trinajstić information content (AvgIpc) is 2.55. The van der Waals surface area contributed by atoms with Crippen LogP contribution in [0.15, 0.2) is 41.3 Å². The van der Waals surface area contributed by atoms with Crippen molar-refractivity contribution in [3.05, 3.63) is 52.4 Å². The topological polar surface area (TPSA) is 101 Å². The number of nitrogens with one attached hydrogen (secondary N) is 2. The monoisotopic (exact) mass is 329 g/mol. The molecular weight excluding hydrogens is 310 g/mol. The number of Topliss-reactive ketones (excluding diaryl/α,β-unsaturated/α-hetero) is 1. The summed E-state index contributed by atoms with van der Waals surface area (Å²) in [6.45, 7) is 3.73. The second-order valence-electron chi connectivity index (χ2n) is 5.26. The standard InChI is InChI=1S/C17H19N3O4/c1-3-24-15(22)10-11(2)16(23)12-4-6-13(7-5-12)19-17-18-9-8-14(21)20-17/h4-9,11H,3,10H2,1-2H3,(H2,18,19,20,21). The fraction of sp³-hybridized carbons (Fsp3) is 0.294. The smallest absolute Gasteiger partial charge is 0.306 e. The van der Waals surface area contributed by atoms with Crippen molar-refractivity contribution in [1.82, 2.24) is 9.97 Å². The Labute approximate surface area is 139 Å². The van der Waals surface area contributed by atoms with E-state index in [1.165, 1.54) is 12.3 Å². The number of nitrogens with zero attached hydrogens (tertiary/aromatic N) is 1. The molecule has 24 heavy (non-hydrogen) atoms. The van der Waals surface area contributed by atoms with Crippen LogP contribution in [-0.2, 0) is 9.53 Å². The molecule has 0 amide bonds. The molecule has 0 bridgehead atoms. The van der Waals surface area contributed by atoms with Crippen LogP contribution in [0.5, 0.6) is 0 Å². The van der Waals surface area contributed by atoms with E-state index in [1.54, 1.807) is 38.1 Å². The van der Waals surface area contributed by atoms with Gasteiger partial charge in [0.15, 0.2) is 5.78 Å². The van der Waals surface area contributed by atoms with Crippen molar-refractivity contribution in [2.24, 2.45) is 5.92 Å². The van der Waals surface area contributed by atoms with Crippen LogP contribution < -0.4 is 10.9 Å². The highest BCUT2D eigenvalue weighted by Crippen LogP contribution is 2.17. The van der Waals surface area contributed by atoms with Gasteiger partial charge in [0.25, 0.3) is 5.56 Å². The maximum absolute atomic E-state index is 12.3. The second kappa shape index (κ2) is 8.05. The van der Waals surface area contributed by atoms with Gasteiger partial charge in [-0.15, -0.1) is 0 Å². The first-order valence-corrected chi connectivity index (χ1v) is 7.62. The van der Waals surface area contributed by atoms with E-state index in [2.05, 4.69) is 15.3 Å². The Balaban J connectivity index is 2.01. The molecule has 0 saturated heterocycles. The van der Waals surface area contributed by atoms with Crippen LogP contribution in [0.4, 0.5) is 11.6 Å². The van der Waals surface area contributed by atoms with E-state index in [0.717, 1.165) is 0 Å². The minimum absolute atomic E-state index is 0.0574. The molecule has 0 spiro atoms. The summed E-state index contributed by atoms with van der Waals surface area (Å²) in [5, 5.41) is 2.94. The molecule has 7 heteroatoms. The van der Waals surface area contributed by atoms with Gasteiger partial charge in [-0.2, -0.15) is 0 Å². The SMILES string of the molecule is CCOC(=O)CC(C)C(=O)c1ccc(Nc2nccc(=O)[nH]2)cc1. The molecule has 2 rings (SSSR count). The average molecular weight is 329 g/mol. The van der Waals surface area contributed by atoms with Crippen molar-refractivity contribution in [2.45, 2.75) is 20.3 Å². The van der Waals surface area contributed by atoms with E-state index < -0.39 is 5.92 Å². The number of anilines is 2. The molecule has 1 aromatic heterocycles. The zero-order chi connectivity index (χ0) is 17.5. The third-order valence-corrected chi connectivity index (χ3v) is 3.33. The number of H-pyrrole nitrogens is 1. The number of carbonyl (C=O) groups is 2. The molecule has 7 nitrogen and oxygen atoms in total. The molecule has 0 saturated carbocycles. The van der Waals surface area contributed by atoms with Gasteiger partial charge in [0, 0.05) is 29.4 Å². The molecule has 0 aliphatic rings. The third-order valence-electron chi connectivity index (χ3n) is 3.33. The Bertz CT molecular complexity index is 768. The van der Waals surface area contributed by atoms with Gasteiger partial charge in [0.05, 0.1) is 13.0 Å². The van der Waals surface area contributed by atoms with Gasteiger partial charge in [0.1, 0.15) is 0 Å². The molecule has 1 atom stereocenters. The van der Waals surface area contributed by atoms with E-state index in [1.807, 2.05) is 0 Å². The van der Waals surface area contributed by atoms with Gasteiger partial charge in [-0.3, -0.25) is 19.4 Å². The minimum atomic E-state index is -0.449. The van der Waals surface area contributed by atoms with Crippen LogP contribution in [-0.4, -0.2) is 28.3 Å². The number of esters is 1. The fourth-order valence-corrected chi connectivity index (χ4v) is 2.14. The van der Waals surface area contributed by atoms with Crippen LogP contribution in [0.3, 0.4) is 0 Å². The summed E-state index contributed by atoms with van der Waals surface area (Å²) in [6.07, 6.45) is 1.46. The Morgan fingerprint density at radius 1 is 1.25 bits per heavy atom. The molecule has 2 N–H and O–H groups in total. The van der Waals surface area contributed by atoms with Crippen LogP contribution in [0.25, 0.3) is 0 Å². The van der Waals surface area contributed by atoms with E-state index in [-0.39, 0.29) is 23.7 Å². The first-order valence-electron chi connectivity index (χ1n) is 7.62. The van der Waals surface area contributed by atoms with Crippen molar-refractivity contribution < 1.29 is 14.3 Å². The molecular formula is C17H19N3O4. The molecule has 1 heterocycles. The van der Waals surface area contributed by atoms with Crippen molar-refractivity contribution in [2.75, 3.05) is 11.9 Å². The Kier molecular flexibility index (Phi) is 5.83. The summed E-state index contributed by atoms with van der Waals surface area (Å²) in [4.78, 5) is 41.5. The molecule has 0 radical (unpaired) electrons. The van der Waals surface area contributed by atoms with E-state index in [0.29, 0.717) is 23.8 Å². The molecule has 0 aliphatic heterocycles. The number of carbonyl (C=O) groups excluding carboxylic acids is 2. The van der Waals surface area contributed by atoms with Crippen LogP contribution >= 0.6 is 0 Å². The van der Waals surface area contributed by atoms with Gasteiger partial charge >= 0.3 is 5.97 Å². The Hall–Kier alpha value is -2.96. The van der Waals surface area contributed by atoms with Crippen molar-refractivity contribution >= 4 is 23.4 Å². The fourth-order valence-electron chi connectivity index (χ4n) is 2.14. The molecule has 2 aromatic rings. The number of aromatic amines is 1. The summed E-state index contributed by atoms with van der Waals surface area (Å²) in [7, 11) is 0. The van der Waals surface area contributed by atoms with Crippen molar-refractivity contribution in [1.29, 1.82) is 0 Å². The van der Waals surface area contributed by atoms with E-state index in [4.69, 9.17) is 4.74 Å². The number of hydrogen-bond donors (Lipinski definition) is 2. The van der Waals surface area contributed by atoms with Gasteiger partial charge in [-0.25, -0.2) is 4.98 Å². The lowest BCUT2D eigenvalue weighted by molar-refractivity contribution is -0.143. The first kappa shape index (κ1) is 17.4. The van der Waals surface area contributed by atoms with Crippen molar-refractivity contribution in [3.63, 3.8) is 0 Å². The third kappa shape index (κ3) is 4.77. The number of ether oxygens (including phenoxy) is 1. The minimum Gasteiger partial charge on any atom is -0.466 e. The van der Waals surface area contributed by atoms with Gasteiger partial charge in [-0.05, 0) is 31.2 Å². The number of ketones is 1. The van der Waals surface area contributed by atoms with Crippen LogP contribution in [0.2, 0.25) is 0 Å². The molecule has 0 fully saturated rings. The zero-order valence-electron chi connectivity index (χ0n) is 13.5. The highest BCUT2D eigenvalue weighted by Gasteiger charge is 2.19. The van der Waals surface area contributed by atoms with Gasteiger partial charge in [-0.1, -0.05) is 6.92 Å². The van der Waals surface area contributed by atoms with E-state index >= 15 is 0 Å². The predicted molar refractivity (Wildman–Crippen MR) is 89.3 cm³/mol. The number of rotatable bonds is 7. The lowest BCUT2D eigenvalue weighted by Gasteiger charge is -2.10. The lowest BCUT2D eigenvalue weighted by atomic mass is 9.96. The largest absolute Gasteiger partial charge is 0.466 e. The summed E-state index contributed by atoms with van der Waals surface area (Å²) >= 11 is 0. The highest BCUT2D eigenvalue weighted by molar-refractivity contribution is 5.99.